The minimum absolute atomic E-state index is 0.264. The average molecular weight is 407 g/mol. The Balaban J connectivity index is 1.63. The number of fused-ring (bicyclic) bond motifs is 1. The van der Waals surface area contributed by atoms with Crippen molar-refractivity contribution in [3.8, 4) is 0 Å². The molecule has 0 amide bonds. The molecule has 0 spiro atoms. The molecule has 1 heterocycles. The molecule has 0 aliphatic heterocycles. The van der Waals surface area contributed by atoms with Crippen molar-refractivity contribution >= 4 is 36.4 Å². The molecule has 1 aromatic carbocycles. The second-order valence-electron chi connectivity index (χ2n) is 5.96. The van der Waals surface area contributed by atoms with Crippen LogP contribution < -0.4 is 10.1 Å². The fourth-order valence-corrected chi connectivity index (χ4v) is 4.66. The number of rotatable bonds is 10. The van der Waals surface area contributed by atoms with Gasteiger partial charge in [-0.25, -0.2) is 0 Å². The van der Waals surface area contributed by atoms with Gasteiger partial charge in [-0.1, -0.05) is 0 Å². The molecule has 0 saturated carbocycles. The molecule has 1 aromatic heterocycles. The van der Waals surface area contributed by atoms with Crippen LogP contribution in [0.5, 0.6) is 0 Å². The van der Waals surface area contributed by atoms with Crippen LogP contribution in [0, 0.1) is 0 Å². The first kappa shape index (κ1) is 19.5. The summed E-state index contributed by atoms with van der Waals surface area (Å²) in [6, 6.07) is 9.36. The van der Waals surface area contributed by atoms with Crippen molar-refractivity contribution in [3.05, 3.63) is 52.9 Å². The van der Waals surface area contributed by atoms with Gasteiger partial charge in [0, 0.05) is 0 Å². The van der Waals surface area contributed by atoms with Crippen LogP contribution in [0.2, 0.25) is 5.32 Å². The van der Waals surface area contributed by atoms with Gasteiger partial charge in [-0.3, -0.25) is 0 Å². The maximum absolute atomic E-state index is 11.6. The van der Waals surface area contributed by atoms with Crippen molar-refractivity contribution in [2.45, 2.75) is 44.3 Å². The number of ether oxygens (including phenoxy) is 1. The number of unbranched alkanes of at least 4 members (excludes halogenated alkanes) is 4. The summed E-state index contributed by atoms with van der Waals surface area (Å²) < 4.78 is 11.4. The number of carbonyl (C=O) groups excluding carboxylic acids is 1. The molecule has 0 atom stereocenters. The monoisotopic (exact) mass is 408 g/mol. The van der Waals surface area contributed by atoms with Crippen LogP contribution in [0.3, 0.4) is 0 Å². The van der Waals surface area contributed by atoms with E-state index in [4.69, 9.17) is 9.15 Å². The third-order valence-corrected chi connectivity index (χ3v) is 6.13. The Labute approximate surface area is 154 Å². The van der Waals surface area contributed by atoms with E-state index in [1.165, 1.54) is 0 Å². The molecule has 25 heavy (non-hydrogen) atoms. The van der Waals surface area contributed by atoms with Crippen LogP contribution in [0.1, 0.15) is 39.0 Å². The molecule has 0 bridgehead atoms. The summed E-state index contributed by atoms with van der Waals surface area (Å²) in [4.78, 5) is 22.9. The molecule has 0 aliphatic carbocycles. The van der Waals surface area contributed by atoms with E-state index >= 15 is 0 Å². The van der Waals surface area contributed by atoms with Gasteiger partial charge in [-0.2, -0.15) is 0 Å². The topological polar surface area (TPSA) is 56.5 Å². The number of para-hydroxylation sites is 1. The summed E-state index contributed by atoms with van der Waals surface area (Å²) in [5, 5.41) is 2.17. The molecule has 2 aromatic rings. The molecule has 0 N–H and O–H groups in total. The zero-order chi connectivity index (χ0) is 18.1. The maximum atomic E-state index is 11.6. The van der Waals surface area contributed by atoms with Crippen LogP contribution >= 0.6 is 0 Å². The van der Waals surface area contributed by atoms with Gasteiger partial charge in [-0.15, -0.1) is 0 Å². The van der Waals surface area contributed by atoms with Gasteiger partial charge in [0.2, 0.25) is 0 Å². The first-order valence-electron chi connectivity index (χ1n) is 8.56. The Morgan fingerprint density at radius 2 is 1.88 bits per heavy atom. The number of carbonyl (C=O) groups is 1. The molecule has 2 rings (SSSR count). The second kappa shape index (κ2) is 10.2. The van der Waals surface area contributed by atoms with Gasteiger partial charge >= 0.3 is 154 Å². The molecule has 134 valence electrons. The first-order valence-corrected chi connectivity index (χ1v) is 10.6. The normalized spacial score (nSPS) is 10.8. The minimum atomic E-state index is -0.303. The first-order chi connectivity index (χ1) is 12.1. The van der Waals surface area contributed by atoms with Gasteiger partial charge in [0.25, 0.3) is 0 Å². The van der Waals surface area contributed by atoms with Crippen LogP contribution in [0.4, 0.5) is 0 Å². The molecule has 0 radical (unpaired) electrons. The summed E-state index contributed by atoms with van der Waals surface area (Å²) >= 11 is 0.284. The van der Waals surface area contributed by atoms with Crippen LogP contribution in [-0.4, -0.2) is 27.5 Å². The third kappa shape index (κ3) is 6.52. The van der Waals surface area contributed by atoms with Crippen molar-refractivity contribution in [2.24, 2.45) is 0 Å². The van der Waals surface area contributed by atoms with Crippen molar-refractivity contribution < 1.29 is 13.9 Å². The molecule has 0 unspecified atom stereocenters. The Kier molecular flexibility index (Phi) is 7.96. The fourth-order valence-electron chi connectivity index (χ4n) is 2.41. The average Bonchev–Trinajstić information content (AvgIpc) is 2.59. The quantitative estimate of drug-likeness (QED) is 0.199. The summed E-state index contributed by atoms with van der Waals surface area (Å²) in [5.41, 5.74) is 0.862. The molecular weight excluding hydrogens is 383 g/mol. The predicted octanol–water partition coefficient (Wildman–Crippen LogP) is 3.61. The Hall–Kier alpha value is -1.84. The van der Waals surface area contributed by atoms with Gasteiger partial charge in [0.1, 0.15) is 0 Å². The van der Waals surface area contributed by atoms with Gasteiger partial charge in [-0.05, 0) is 0 Å². The molecular formula is C20H24O4Se. The van der Waals surface area contributed by atoms with Gasteiger partial charge < -0.3 is 0 Å². The predicted molar refractivity (Wildman–Crippen MR) is 102 cm³/mol. The van der Waals surface area contributed by atoms with E-state index in [9.17, 15) is 9.59 Å². The number of hydrogen-bond donors (Lipinski definition) is 0. The number of esters is 1. The summed E-state index contributed by atoms with van der Waals surface area (Å²) in [5.74, 6) is -0.303. The zero-order valence-corrected chi connectivity index (χ0v) is 16.3. The second-order valence-corrected chi connectivity index (χ2v) is 8.34. The van der Waals surface area contributed by atoms with E-state index in [1.807, 2.05) is 24.3 Å². The SMILES string of the molecule is C=C(C)C(=O)OCCCCCCC[Se]c1cc(=O)oc2ccccc12. The zero-order valence-electron chi connectivity index (χ0n) is 14.6. The van der Waals surface area contributed by atoms with Crippen LogP contribution in [0.15, 0.2) is 51.7 Å². The Morgan fingerprint density at radius 3 is 2.68 bits per heavy atom. The summed E-state index contributed by atoms with van der Waals surface area (Å²) in [6.07, 6.45) is 5.41. The van der Waals surface area contributed by atoms with Crippen molar-refractivity contribution in [3.63, 3.8) is 0 Å². The van der Waals surface area contributed by atoms with E-state index in [-0.39, 0.29) is 26.6 Å². The number of hydrogen-bond acceptors (Lipinski definition) is 4. The standard InChI is InChI=1S/C20H24O4Se/c1-15(2)20(22)23-12-8-4-3-5-9-13-25-18-14-19(21)24-17-11-7-6-10-16(17)18/h6-7,10-11,14H,1,3-5,8-9,12-13H2,2H3. The van der Waals surface area contributed by atoms with E-state index in [2.05, 4.69) is 6.58 Å². The molecule has 4 nitrogen and oxygen atoms in total. The van der Waals surface area contributed by atoms with E-state index in [0.717, 1.165) is 47.3 Å². The van der Waals surface area contributed by atoms with Crippen LogP contribution in [0.25, 0.3) is 11.0 Å². The van der Waals surface area contributed by atoms with Crippen molar-refractivity contribution in [2.75, 3.05) is 6.61 Å². The van der Waals surface area contributed by atoms with Crippen molar-refractivity contribution in [1.82, 2.24) is 0 Å². The number of benzene rings is 1. The summed E-state index contributed by atoms with van der Waals surface area (Å²) in [6.45, 7) is 5.69. The van der Waals surface area contributed by atoms with Crippen molar-refractivity contribution in [1.29, 1.82) is 0 Å². The van der Waals surface area contributed by atoms with E-state index < -0.39 is 0 Å². The van der Waals surface area contributed by atoms with Gasteiger partial charge in [0.05, 0.1) is 0 Å². The Bertz CT molecular complexity index is 779. The third-order valence-electron chi connectivity index (χ3n) is 3.74. The van der Waals surface area contributed by atoms with Gasteiger partial charge in [0.15, 0.2) is 0 Å². The van der Waals surface area contributed by atoms with E-state index in [0.29, 0.717) is 17.8 Å². The molecule has 0 fully saturated rings. The Morgan fingerprint density at radius 1 is 1.16 bits per heavy atom. The fraction of sp³-hybridized carbons (Fsp3) is 0.400. The van der Waals surface area contributed by atoms with E-state index in [1.54, 1.807) is 13.0 Å². The molecule has 0 aliphatic rings. The summed E-state index contributed by atoms with van der Waals surface area (Å²) in [7, 11) is 0. The molecule has 5 heteroatoms. The van der Waals surface area contributed by atoms with Crippen LogP contribution in [-0.2, 0) is 9.53 Å². The molecule has 0 saturated heterocycles.